The molecule has 1 unspecified atom stereocenters. The fourth-order valence-corrected chi connectivity index (χ4v) is 3.52. The Morgan fingerprint density at radius 2 is 1.92 bits per heavy atom. The highest BCUT2D eigenvalue weighted by Crippen LogP contribution is 2.31. The van der Waals surface area contributed by atoms with E-state index >= 15 is 0 Å². The van der Waals surface area contributed by atoms with Crippen LogP contribution in [-0.4, -0.2) is 35.5 Å². The van der Waals surface area contributed by atoms with Gasteiger partial charge < -0.3 is 15.5 Å². The maximum absolute atomic E-state index is 12.7. The molecule has 2 N–H and O–H groups in total. The molecule has 1 aliphatic carbocycles. The predicted octanol–water partition coefficient (Wildman–Crippen LogP) is 3.37. The summed E-state index contributed by atoms with van der Waals surface area (Å²) in [5, 5.41) is 5.08. The molecule has 1 aliphatic heterocycles. The lowest BCUT2D eigenvalue weighted by Crippen LogP contribution is -2.41. The molecule has 136 valence electrons. The van der Waals surface area contributed by atoms with E-state index in [4.69, 9.17) is 0 Å². The second kappa shape index (κ2) is 6.93. The number of likely N-dealkylation sites (tertiary alicyclic amines) is 1. The number of carbonyl (C=O) groups is 2. The second-order valence-electron chi connectivity index (χ2n) is 6.56. The van der Waals surface area contributed by atoms with Gasteiger partial charge in [0.1, 0.15) is 0 Å². The molecule has 3 amide bonds. The van der Waals surface area contributed by atoms with E-state index in [-0.39, 0.29) is 30.1 Å². The monoisotopic (exact) mass is 355 g/mol. The van der Waals surface area contributed by atoms with Gasteiger partial charge in [-0.1, -0.05) is 18.9 Å². The van der Waals surface area contributed by atoms with Gasteiger partial charge in [-0.25, -0.2) is 4.79 Å². The van der Waals surface area contributed by atoms with Gasteiger partial charge in [-0.05, 0) is 31.0 Å². The zero-order chi connectivity index (χ0) is 18.0. The van der Waals surface area contributed by atoms with Crippen molar-refractivity contribution in [1.82, 2.24) is 10.2 Å². The molecule has 1 atom stereocenters. The van der Waals surface area contributed by atoms with Crippen LogP contribution in [0.15, 0.2) is 24.3 Å². The average molecular weight is 355 g/mol. The fraction of sp³-hybridized carbons (Fsp3) is 0.529. The number of nitrogens with one attached hydrogen (secondary N) is 2. The van der Waals surface area contributed by atoms with Gasteiger partial charge in [0.05, 0.1) is 11.6 Å². The molecule has 5 nitrogen and oxygen atoms in total. The SMILES string of the molecule is O=C(Nc1cccc(C(F)(F)F)c1)NC1CC(=O)N(C2CCCC2)C1. The van der Waals surface area contributed by atoms with Gasteiger partial charge >= 0.3 is 12.2 Å². The maximum Gasteiger partial charge on any atom is 0.416 e. The van der Waals surface area contributed by atoms with Gasteiger partial charge in [0.25, 0.3) is 0 Å². The van der Waals surface area contributed by atoms with Crippen LogP contribution in [0.2, 0.25) is 0 Å². The van der Waals surface area contributed by atoms with Gasteiger partial charge in [0, 0.05) is 24.7 Å². The van der Waals surface area contributed by atoms with Crippen molar-refractivity contribution >= 4 is 17.6 Å². The molecule has 1 saturated carbocycles. The molecule has 3 rings (SSSR count). The van der Waals surface area contributed by atoms with Crippen LogP contribution >= 0.6 is 0 Å². The van der Waals surface area contributed by atoms with E-state index in [1.54, 1.807) is 0 Å². The Morgan fingerprint density at radius 1 is 1.20 bits per heavy atom. The molecule has 0 bridgehead atoms. The number of carbonyl (C=O) groups excluding carboxylic acids is 2. The summed E-state index contributed by atoms with van der Waals surface area (Å²) < 4.78 is 38.1. The summed E-state index contributed by atoms with van der Waals surface area (Å²) in [6, 6.07) is 3.77. The van der Waals surface area contributed by atoms with E-state index in [1.165, 1.54) is 12.1 Å². The van der Waals surface area contributed by atoms with E-state index in [9.17, 15) is 22.8 Å². The molecule has 0 aromatic heterocycles. The number of benzene rings is 1. The predicted molar refractivity (Wildman–Crippen MR) is 86.0 cm³/mol. The molecule has 1 aromatic rings. The Hall–Kier alpha value is -2.25. The standard InChI is InChI=1S/C17H20F3N3O2/c18-17(19,20)11-4-3-5-12(8-11)21-16(25)22-13-9-15(24)23(10-13)14-6-1-2-7-14/h3-5,8,13-14H,1-2,6-7,9-10H2,(H2,21,22,25). The van der Waals surface area contributed by atoms with Crippen molar-refractivity contribution < 1.29 is 22.8 Å². The molecule has 1 aromatic carbocycles. The third-order valence-electron chi connectivity index (χ3n) is 4.71. The fourth-order valence-electron chi connectivity index (χ4n) is 3.52. The van der Waals surface area contributed by atoms with Gasteiger partial charge in [-0.15, -0.1) is 0 Å². The summed E-state index contributed by atoms with van der Waals surface area (Å²) in [7, 11) is 0. The van der Waals surface area contributed by atoms with Crippen LogP contribution in [-0.2, 0) is 11.0 Å². The van der Waals surface area contributed by atoms with Crippen LogP contribution in [0, 0.1) is 0 Å². The molecule has 0 spiro atoms. The molecule has 1 heterocycles. The van der Waals surface area contributed by atoms with Gasteiger partial charge in [-0.3, -0.25) is 4.79 Å². The zero-order valence-electron chi connectivity index (χ0n) is 13.6. The molecule has 8 heteroatoms. The highest BCUT2D eigenvalue weighted by molar-refractivity contribution is 5.90. The van der Waals surface area contributed by atoms with E-state index in [2.05, 4.69) is 10.6 Å². The molecule has 25 heavy (non-hydrogen) atoms. The lowest BCUT2D eigenvalue weighted by atomic mass is 10.2. The summed E-state index contributed by atoms with van der Waals surface area (Å²) in [4.78, 5) is 25.9. The van der Waals surface area contributed by atoms with Gasteiger partial charge in [0.15, 0.2) is 0 Å². The second-order valence-corrected chi connectivity index (χ2v) is 6.56. The van der Waals surface area contributed by atoms with E-state index in [0.29, 0.717) is 6.54 Å². The quantitative estimate of drug-likeness (QED) is 0.873. The molecular weight excluding hydrogens is 335 g/mol. The highest BCUT2D eigenvalue weighted by Gasteiger charge is 2.36. The third-order valence-corrected chi connectivity index (χ3v) is 4.71. The van der Waals surface area contributed by atoms with Crippen molar-refractivity contribution in [1.29, 1.82) is 0 Å². The summed E-state index contributed by atoms with van der Waals surface area (Å²) in [5.74, 6) is 0.0243. The summed E-state index contributed by atoms with van der Waals surface area (Å²) in [6.07, 6.45) is -0.0186. The minimum Gasteiger partial charge on any atom is -0.338 e. The molecule has 1 saturated heterocycles. The lowest BCUT2D eigenvalue weighted by Gasteiger charge is -2.24. The Kier molecular flexibility index (Phi) is 4.87. The van der Waals surface area contributed by atoms with E-state index in [1.807, 2.05) is 4.90 Å². The third kappa shape index (κ3) is 4.24. The number of hydrogen-bond acceptors (Lipinski definition) is 2. The zero-order valence-corrected chi connectivity index (χ0v) is 13.6. The first-order valence-corrected chi connectivity index (χ1v) is 8.37. The average Bonchev–Trinajstić information content (AvgIpc) is 3.16. The number of halogens is 3. The number of rotatable bonds is 3. The van der Waals surface area contributed by atoms with Crippen molar-refractivity contribution in [3.63, 3.8) is 0 Å². The van der Waals surface area contributed by atoms with E-state index < -0.39 is 17.8 Å². The van der Waals surface area contributed by atoms with Crippen LogP contribution in [0.25, 0.3) is 0 Å². The summed E-state index contributed by atoms with van der Waals surface area (Å²) in [6.45, 7) is 0.458. The molecule has 2 aliphatic rings. The van der Waals surface area contributed by atoms with Crippen molar-refractivity contribution in [2.24, 2.45) is 0 Å². The van der Waals surface area contributed by atoms with Crippen LogP contribution in [0.4, 0.5) is 23.7 Å². The van der Waals surface area contributed by atoms with Crippen LogP contribution in [0.3, 0.4) is 0 Å². The van der Waals surface area contributed by atoms with Gasteiger partial charge in [0.2, 0.25) is 5.91 Å². The Labute approximate surface area is 143 Å². The number of alkyl halides is 3. The number of nitrogens with zero attached hydrogens (tertiary/aromatic N) is 1. The van der Waals surface area contributed by atoms with Crippen molar-refractivity contribution in [3.8, 4) is 0 Å². The number of amides is 3. The van der Waals surface area contributed by atoms with Gasteiger partial charge in [-0.2, -0.15) is 13.2 Å². The first kappa shape index (κ1) is 17.6. The van der Waals surface area contributed by atoms with Crippen molar-refractivity contribution in [2.45, 2.75) is 50.4 Å². The topological polar surface area (TPSA) is 61.4 Å². The Morgan fingerprint density at radius 3 is 2.60 bits per heavy atom. The minimum absolute atomic E-state index is 0.0243. The Balaban J connectivity index is 1.55. The first-order chi connectivity index (χ1) is 11.8. The number of urea groups is 1. The van der Waals surface area contributed by atoms with E-state index in [0.717, 1.165) is 37.8 Å². The maximum atomic E-state index is 12.7. The van der Waals surface area contributed by atoms with Crippen LogP contribution in [0.5, 0.6) is 0 Å². The summed E-state index contributed by atoms with van der Waals surface area (Å²) in [5.41, 5.74) is -0.766. The molecular formula is C17H20F3N3O2. The summed E-state index contributed by atoms with van der Waals surface area (Å²) >= 11 is 0. The first-order valence-electron chi connectivity index (χ1n) is 8.37. The van der Waals surface area contributed by atoms with Crippen molar-refractivity contribution in [3.05, 3.63) is 29.8 Å². The smallest absolute Gasteiger partial charge is 0.338 e. The largest absolute Gasteiger partial charge is 0.416 e. The molecule has 0 radical (unpaired) electrons. The van der Waals surface area contributed by atoms with Crippen molar-refractivity contribution in [2.75, 3.05) is 11.9 Å². The van der Waals surface area contributed by atoms with Crippen LogP contribution in [0.1, 0.15) is 37.7 Å². The Bertz CT molecular complexity index is 657. The minimum atomic E-state index is -4.46. The highest BCUT2D eigenvalue weighted by atomic mass is 19.4. The molecule has 2 fully saturated rings. The number of anilines is 1. The number of hydrogen-bond donors (Lipinski definition) is 2. The normalized spacial score (nSPS) is 21.6. The van der Waals surface area contributed by atoms with Crippen LogP contribution < -0.4 is 10.6 Å². The lowest BCUT2D eigenvalue weighted by molar-refractivity contribution is -0.137.